The molecule has 1 atom stereocenters. The smallest absolute Gasteiger partial charge is 0.241 e. The fourth-order valence-electron chi connectivity index (χ4n) is 2.14. The second kappa shape index (κ2) is 6.39. The summed E-state index contributed by atoms with van der Waals surface area (Å²) in [6.07, 6.45) is 0. The maximum Gasteiger partial charge on any atom is 0.241 e. The van der Waals surface area contributed by atoms with E-state index in [1.54, 1.807) is 26.0 Å². The standard InChI is InChI=1S/C16H19NO3S/c1-12-8-9-14(11-18)10-16(12)21(19,20)17-13(2)15-6-4-3-5-7-15/h3-10,13,17-18H,11H2,1-2H3. The van der Waals surface area contributed by atoms with Crippen molar-refractivity contribution in [2.45, 2.75) is 31.4 Å². The molecule has 0 saturated heterocycles. The number of rotatable bonds is 5. The topological polar surface area (TPSA) is 66.4 Å². The fourth-order valence-corrected chi connectivity index (χ4v) is 3.67. The molecule has 4 nitrogen and oxygen atoms in total. The number of aliphatic hydroxyl groups is 1. The molecular weight excluding hydrogens is 286 g/mol. The Hall–Kier alpha value is -1.69. The summed E-state index contributed by atoms with van der Waals surface area (Å²) in [5.41, 5.74) is 2.13. The Balaban J connectivity index is 2.30. The van der Waals surface area contributed by atoms with E-state index >= 15 is 0 Å². The van der Waals surface area contributed by atoms with Crippen LogP contribution in [0.4, 0.5) is 0 Å². The number of nitrogens with one attached hydrogen (secondary N) is 1. The molecule has 2 rings (SSSR count). The van der Waals surface area contributed by atoms with Crippen molar-refractivity contribution in [2.24, 2.45) is 0 Å². The van der Waals surface area contributed by atoms with Crippen LogP contribution in [0.5, 0.6) is 0 Å². The van der Waals surface area contributed by atoms with E-state index in [0.717, 1.165) is 5.56 Å². The molecule has 0 bridgehead atoms. The first-order valence-electron chi connectivity index (χ1n) is 6.71. The van der Waals surface area contributed by atoms with Crippen LogP contribution in [0.2, 0.25) is 0 Å². The lowest BCUT2D eigenvalue weighted by atomic mass is 10.1. The van der Waals surface area contributed by atoms with Gasteiger partial charge >= 0.3 is 0 Å². The molecule has 0 aliphatic carbocycles. The highest BCUT2D eigenvalue weighted by Gasteiger charge is 2.20. The van der Waals surface area contributed by atoms with E-state index < -0.39 is 10.0 Å². The van der Waals surface area contributed by atoms with Gasteiger partial charge in [0.15, 0.2) is 0 Å². The highest BCUT2D eigenvalue weighted by atomic mass is 32.2. The van der Waals surface area contributed by atoms with E-state index in [0.29, 0.717) is 11.1 Å². The third-order valence-corrected chi connectivity index (χ3v) is 5.04. The van der Waals surface area contributed by atoms with Gasteiger partial charge in [0.1, 0.15) is 0 Å². The summed E-state index contributed by atoms with van der Waals surface area (Å²) < 4.78 is 27.7. The predicted octanol–water partition coefficient (Wildman–Crippen LogP) is 2.53. The Bertz CT molecular complexity index is 712. The second-order valence-electron chi connectivity index (χ2n) is 5.01. The molecule has 0 fully saturated rings. The Morgan fingerprint density at radius 2 is 1.81 bits per heavy atom. The van der Waals surface area contributed by atoms with Crippen molar-refractivity contribution >= 4 is 10.0 Å². The lowest BCUT2D eigenvalue weighted by molar-refractivity contribution is 0.281. The van der Waals surface area contributed by atoms with Crippen molar-refractivity contribution < 1.29 is 13.5 Å². The van der Waals surface area contributed by atoms with E-state index in [1.165, 1.54) is 6.07 Å². The molecule has 2 N–H and O–H groups in total. The van der Waals surface area contributed by atoms with Crippen molar-refractivity contribution in [1.82, 2.24) is 4.72 Å². The monoisotopic (exact) mass is 305 g/mol. The van der Waals surface area contributed by atoms with Crippen LogP contribution < -0.4 is 4.72 Å². The molecule has 5 heteroatoms. The van der Waals surface area contributed by atoms with E-state index in [2.05, 4.69) is 4.72 Å². The van der Waals surface area contributed by atoms with Crippen molar-refractivity contribution in [3.8, 4) is 0 Å². The zero-order valence-corrected chi connectivity index (χ0v) is 12.9. The van der Waals surface area contributed by atoms with Crippen molar-refractivity contribution in [1.29, 1.82) is 0 Å². The van der Waals surface area contributed by atoms with Crippen LogP contribution in [0.1, 0.15) is 29.7 Å². The van der Waals surface area contributed by atoms with Crippen LogP contribution in [0.3, 0.4) is 0 Å². The molecule has 1 unspecified atom stereocenters. The largest absolute Gasteiger partial charge is 0.392 e. The Morgan fingerprint density at radius 1 is 1.14 bits per heavy atom. The minimum absolute atomic E-state index is 0.183. The average molecular weight is 305 g/mol. The lowest BCUT2D eigenvalue weighted by Gasteiger charge is -2.16. The Labute approximate surface area is 125 Å². The van der Waals surface area contributed by atoms with Gasteiger partial charge in [0.2, 0.25) is 10.0 Å². The van der Waals surface area contributed by atoms with Crippen LogP contribution in [-0.4, -0.2) is 13.5 Å². The number of hydrogen-bond acceptors (Lipinski definition) is 3. The first kappa shape index (κ1) is 15.7. The van der Waals surface area contributed by atoms with Crippen LogP contribution in [0.15, 0.2) is 53.4 Å². The molecule has 0 aromatic heterocycles. The van der Waals surface area contributed by atoms with Gasteiger partial charge in [0, 0.05) is 6.04 Å². The van der Waals surface area contributed by atoms with Crippen LogP contribution in [0.25, 0.3) is 0 Å². The molecule has 2 aromatic carbocycles. The number of aryl methyl sites for hydroxylation is 1. The highest BCUT2D eigenvalue weighted by molar-refractivity contribution is 7.89. The normalized spacial score (nSPS) is 13.1. The third-order valence-electron chi connectivity index (χ3n) is 3.36. The number of benzene rings is 2. The minimum Gasteiger partial charge on any atom is -0.392 e. The van der Waals surface area contributed by atoms with Gasteiger partial charge in [-0.15, -0.1) is 0 Å². The van der Waals surface area contributed by atoms with Gasteiger partial charge in [-0.2, -0.15) is 0 Å². The zero-order valence-electron chi connectivity index (χ0n) is 12.1. The number of hydrogen-bond donors (Lipinski definition) is 2. The summed E-state index contributed by atoms with van der Waals surface area (Å²) in [5, 5.41) is 9.16. The Morgan fingerprint density at radius 3 is 2.43 bits per heavy atom. The van der Waals surface area contributed by atoms with Gasteiger partial charge in [-0.1, -0.05) is 42.5 Å². The molecular formula is C16H19NO3S. The van der Waals surface area contributed by atoms with Crippen molar-refractivity contribution in [3.63, 3.8) is 0 Å². The summed E-state index contributed by atoms with van der Waals surface area (Å²) in [4.78, 5) is 0.205. The van der Waals surface area contributed by atoms with Gasteiger partial charge in [-0.05, 0) is 36.6 Å². The SMILES string of the molecule is Cc1ccc(CO)cc1S(=O)(=O)NC(C)c1ccccc1. The maximum absolute atomic E-state index is 12.5. The van der Waals surface area contributed by atoms with Gasteiger partial charge in [-0.25, -0.2) is 13.1 Å². The first-order chi connectivity index (χ1) is 9.94. The van der Waals surface area contributed by atoms with Crippen molar-refractivity contribution in [2.75, 3.05) is 0 Å². The molecule has 0 aliphatic heterocycles. The van der Waals surface area contributed by atoms with Gasteiger partial charge in [0.25, 0.3) is 0 Å². The molecule has 2 aromatic rings. The Kier molecular flexibility index (Phi) is 4.77. The van der Waals surface area contributed by atoms with Crippen LogP contribution in [-0.2, 0) is 16.6 Å². The average Bonchev–Trinajstić information content (AvgIpc) is 2.48. The summed E-state index contributed by atoms with van der Waals surface area (Å²) in [5.74, 6) is 0. The van der Waals surface area contributed by atoms with E-state index in [9.17, 15) is 8.42 Å². The molecule has 112 valence electrons. The number of aliphatic hydroxyl groups excluding tert-OH is 1. The minimum atomic E-state index is -3.63. The molecule has 0 heterocycles. The highest BCUT2D eigenvalue weighted by Crippen LogP contribution is 2.20. The first-order valence-corrected chi connectivity index (χ1v) is 8.20. The molecule has 0 aliphatic rings. The molecule has 21 heavy (non-hydrogen) atoms. The summed E-state index contributed by atoms with van der Waals surface area (Å²) in [7, 11) is -3.63. The van der Waals surface area contributed by atoms with E-state index in [1.807, 2.05) is 30.3 Å². The van der Waals surface area contributed by atoms with Crippen LogP contribution >= 0.6 is 0 Å². The molecule has 0 spiro atoms. The third kappa shape index (κ3) is 3.69. The molecule has 0 radical (unpaired) electrons. The zero-order chi connectivity index (χ0) is 15.5. The number of sulfonamides is 1. The summed E-state index contributed by atoms with van der Waals surface area (Å²) >= 11 is 0. The lowest BCUT2D eigenvalue weighted by Crippen LogP contribution is -2.27. The van der Waals surface area contributed by atoms with Gasteiger partial charge in [0.05, 0.1) is 11.5 Å². The fraction of sp³-hybridized carbons (Fsp3) is 0.250. The molecule has 0 amide bonds. The summed E-state index contributed by atoms with van der Waals surface area (Å²) in [6.45, 7) is 3.36. The van der Waals surface area contributed by atoms with Crippen molar-refractivity contribution in [3.05, 3.63) is 65.2 Å². The van der Waals surface area contributed by atoms with E-state index in [-0.39, 0.29) is 17.5 Å². The second-order valence-corrected chi connectivity index (χ2v) is 6.69. The van der Waals surface area contributed by atoms with Gasteiger partial charge in [-0.3, -0.25) is 0 Å². The van der Waals surface area contributed by atoms with Crippen LogP contribution in [0, 0.1) is 6.92 Å². The summed E-state index contributed by atoms with van der Waals surface area (Å²) in [6, 6.07) is 14.0. The maximum atomic E-state index is 12.5. The predicted molar refractivity (Wildman–Crippen MR) is 82.3 cm³/mol. The van der Waals surface area contributed by atoms with E-state index in [4.69, 9.17) is 5.11 Å². The molecule has 0 saturated carbocycles. The quantitative estimate of drug-likeness (QED) is 0.892. The van der Waals surface area contributed by atoms with Gasteiger partial charge < -0.3 is 5.11 Å².